The van der Waals surface area contributed by atoms with Crippen LogP contribution in [0.5, 0.6) is 0 Å². The van der Waals surface area contributed by atoms with Gasteiger partial charge in [-0.05, 0) is 48.9 Å². The first-order valence-corrected chi connectivity index (χ1v) is 10.7. The van der Waals surface area contributed by atoms with E-state index in [0.29, 0.717) is 22.3 Å². The summed E-state index contributed by atoms with van der Waals surface area (Å²) in [4.78, 5) is 38.1. The molecule has 0 spiro atoms. The summed E-state index contributed by atoms with van der Waals surface area (Å²) in [6.07, 6.45) is 3.25. The summed E-state index contributed by atoms with van der Waals surface area (Å²) < 4.78 is 9.65. The normalized spacial score (nSPS) is 11.1. The summed E-state index contributed by atoms with van der Waals surface area (Å²) in [6.45, 7) is 1.98. The van der Waals surface area contributed by atoms with Crippen LogP contribution in [-0.4, -0.2) is 19.6 Å². The van der Waals surface area contributed by atoms with Crippen molar-refractivity contribution in [2.75, 3.05) is 5.32 Å². The molecular formula is C26H22N4O4. The second-order valence-electron chi connectivity index (χ2n) is 8.11. The van der Waals surface area contributed by atoms with E-state index in [2.05, 4.69) is 5.32 Å². The lowest BCUT2D eigenvalue weighted by Crippen LogP contribution is -2.36. The van der Waals surface area contributed by atoms with E-state index in [1.165, 1.54) is 17.9 Å². The number of furan rings is 1. The van der Waals surface area contributed by atoms with Gasteiger partial charge >= 0.3 is 5.69 Å². The Kier molecular flexibility index (Phi) is 5.05. The lowest BCUT2D eigenvalue weighted by molar-refractivity contribution is 0.0996. The van der Waals surface area contributed by atoms with Gasteiger partial charge in [0.15, 0.2) is 5.76 Å². The van der Waals surface area contributed by atoms with Crippen LogP contribution in [0.4, 0.5) is 5.69 Å². The van der Waals surface area contributed by atoms with E-state index in [4.69, 9.17) is 4.42 Å². The predicted molar refractivity (Wildman–Crippen MR) is 131 cm³/mol. The van der Waals surface area contributed by atoms with Crippen molar-refractivity contribution in [2.45, 2.75) is 6.92 Å². The fraction of sp³-hybridized carbons (Fsp3) is 0.115. The zero-order valence-corrected chi connectivity index (χ0v) is 18.9. The van der Waals surface area contributed by atoms with Crippen molar-refractivity contribution >= 4 is 22.5 Å². The van der Waals surface area contributed by atoms with Crippen molar-refractivity contribution < 1.29 is 9.21 Å². The highest BCUT2D eigenvalue weighted by atomic mass is 16.3. The first-order valence-electron chi connectivity index (χ1n) is 10.7. The molecule has 0 radical (unpaired) electrons. The molecule has 0 saturated heterocycles. The van der Waals surface area contributed by atoms with Crippen LogP contribution in [-0.2, 0) is 14.1 Å². The van der Waals surface area contributed by atoms with E-state index in [9.17, 15) is 14.4 Å². The van der Waals surface area contributed by atoms with Crippen LogP contribution in [0.1, 0.15) is 16.1 Å². The fourth-order valence-electron chi connectivity index (χ4n) is 4.15. The summed E-state index contributed by atoms with van der Waals surface area (Å²) in [5, 5.41) is 3.26. The van der Waals surface area contributed by atoms with Crippen molar-refractivity contribution in [2.24, 2.45) is 14.1 Å². The number of amides is 1. The minimum Gasteiger partial charge on any atom is -0.459 e. The largest absolute Gasteiger partial charge is 0.459 e. The van der Waals surface area contributed by atoms with E-state index in [0.717, 1.165) is 21.4 Å². The summed E-state index contributed by atoms with van der Waals surface area (Å²) in [5.74, 6) is -0.122. The summed E-state index contributed by atoms with van der Waals surface area (Å²) in [7, 11) is 3.14. The van der Waals surface area contributed by atoms with Gasteiger partial charge in [-0.25, -0.2) is 4.79 Å². The van der Waals surface area contributed by atoms with Gasteiger partial charge in [0.1, 0.15) is 0 Å². The Bertz CT molecular complexity index is 1650. The third-order valence-corrected chi connectivity index (χ3v) is 5.99. The van der Waals surface area contributed by atoms with Crippen LogP contribution in [0.2, 0.25) is 0 Å². The molecule has 0 aliphatic carbocycles. The van der Waals surface area contributed by atoms with Crippen molar-refractivity contribution in [3.8, 4) is 16.9 Å². The van der Waals surface area contributed by atoms with Crippen LogP contribution < -0.4 is 16.6 Å². The van der Waals surface area contributed by atoms with Gasteiger partial charge in [0.25, 0.3) is 11.5 Å². The lowest BCUT2D eigenvalue weighted by atomic mass is 10.0. The Morgan fingerprint density at radius 1 is 0.912 bits per heavy atom. The van der Waals surface area contributed by atoms with Gasteiger partial charge in [0.2, 0.25) is 0 Å². The van der Waals surface area contributed by atoms with Gasteiger partial charge in [-0.1, -0.05) is 24.3 Å². The topological polar surface area (TPSA) is 91.2 Å². The smallest absolute Gasteiger partial charge is 0.330 e. The molecule has 5 rings (SSSR count). The molecule has 0 atom stereocenters. The minimum absolute atomic E-state index is 0.222. The molecule has 0 aliphatic heterocycles. The van der Waals surface area contributed by atoms with E-state index >= 15 is 0 Å². The average Bonchev–Trinajstić information content (AvgIpc) is 3.51. The summed E-state index contributed by atoms with van der Waals surface area (Å²) in [5.41, 5.74) is 3.78. The van der Waals surface area contributed by atoms with Gasteiger partial charge in [0.05, 0.1) is 22.9 Å². The number of carbonyl (C=O) groups is 1. The van der Waals surface area contributed by atoms with Crippen LogP contribution >= 0.6 is 0 Å². The fourth-order valence-corrected chi connectivity index (χ4v) is 4.15. The lowest BCUT2D eigenvalue weighted by Gasteiger charge is -2.13. The maximum Gasteiger partial charge on any atom is 0.330 e. The molecule has 0 saturated carbocycles. The van der Waals surface area contributed by atoms with E-state index in [1.807, 2.05) is 47.9 Å². The molecule has 5 aromatic rings. The second-order valence-corrected chi connectivity index (χ2v) is 8.11. The van der Waals surface area contributed by atoms with E-state index in [-0.39, 0.29) is 22.9 Å². The zero-order valence-electron chi connectivity index (χ0n) is 18.9. The first kappa shape index (κ1) is 21.3. The molecule has 170 valence electrons. The van der Waals surface area contributed by atoms with Gasteiger partial charge in [-0.3, -0.25) is 18.7 Å². The molecule has 1 N–H and O–H groups in total. The Morgan fingerprint density at radius 3 is 2.32 bits per heavy atom. The standard InChI is InChI=1S/C26H22N4O4/c1-16-7-4-5-8-19(16)23-22-20(28(2)26(33)29(3)25(22)32)15-30(23)18-12-10-17(11-13-18)27-24(31)21-9-6-14-34-21/h4-15H,1-3H3,(H,27,31). The number of aromatic nitrogens is 3. The molecule has 3 aromatic heterocycles. The van der Waals surface area contributed by atoms with Crippen LogP contribution in [0, 0.1) is 6.92 Å². The third kappa shape index (κ3) is 3.36. The van der Waals surface area contributed by atoms with E-state index < -0.39 is 0 Å². The van der Waals surface area contributed by atoms with Gasteiger partial charge < -0.3 is 14.3 Å². The highest BCUT2D eigenvalue weighted by Gasteiger charge is 2.21. The maximum atomic E-state index is 13.2. The number of hydrogen-bond acceptors (Lipinski definition) is 4. The first-order chi connectivity index (χ1) is 16.4. The van der Waals surface area contributed by atoms with Crippen LogP contribution in [0.3, 0.4) is 0 Å². The van der Waals surface area contributed by atoms with Gasteiger partial charge in [-0.2, -0.15) is 0 Å². The molecule has 2 aromatic carbocycles. The number of hydrogen-bond donors (Lipinski definition) is 1. The van der Waals surface area contributed by atoms with Crippen LogP contribution in [0.15, 0.2) is 87.1 Å². The van der Waals surface area contributed by atoms with Crippen molar-refractivity contribution in [1.82, 2.24) is 13.7 Å². The summed E-state index contributed by atoms with van der Waals surface area (Å²) >= 11 is 0. The number of rotatable bonds is 4. The molecule has 8 heteroatoms. The number of aryl methyl sites for hydroxylation is 2. The molecular weight excluding hydrogens is 432 g/mol. The van der Waals surface area contributed by atoms with Crippen molar-refractivity contribution in [3.63, 3.8) is 0 Å². The molecule has 0 aliphatic rings. The van der Waals surface area contributed by atoms with E-state index in [1.54, 1.807) is 37.5 Å². The highest BCUT2D eigenvalue weighted by Crippen LogP contribution is 2.33. The Balaban J connectivity index is 1.69. The number of nitrogens with zero attached hydrogens (tertiary/aromatic N) is 3. The number of benzene rings is 2. The summed E-state index contributed by atoms with van der Waals surface area (Å²) in [6, 6.07) is 18.3. The van der Waals surface area contributed by atoms with Crippen LogP contribution in [0.25, 0.3) is 27.8 Å². The number of anilines is 1. The van der Waals surface area contributed by atoms with Crippen molar-refractivity contribution in [3.05, 3.63) is 105 Å². The predicted octanol–water partition coefficient (Wildman–Crippen LogP) is 3.85. The molecule has 0 bridgehead atoms. The number of carbonyl (C=O) groups excluding carboxylic acids is 1. The quantitative estimate of drug-likeness (QED) is 0.447. The molecule has 8 nitrogen and oxygen atoms in total. The minimum atomic E-state index is -0.387. The SMILES string of the molecule is Cc1ccccc1-c1c2c(=O)n(C)c(=O)n(C)c2cn1-c1ccc(NC(=O)c2ccco2)cc1. The Labute approximate surface area is 194 Å². The second kappa shape index (κ2) is 8.08. The van der Waals surface area contributed by atoms with Gasteiger partial charge in [0, 0.05) is 37.2 Å². The Morgan fingerprint density at radius 2 is 1.65 bits per heavy atom. The molecule has 0 fully saturated rings. The zero-order chi connectivity index (χ0) is 24.0. The molecule has 0 unspecified atom stereocenters. The maximum absolute atomic E-state index is 13.2. The monoisotopic (exact) mass is 454 g/mol. The highest BCUT2D eigenvalue weighted by molar-refractivity contribution is 6.02. The third-order valence-electron chi connectivity index (χ3n) is 5.99. The molecule has 34 heavy (non-hydrogen) atoms. The molecule has 1 amide bonds. The van der Waals surface area contributed by atoms with Gasteiger partial charge in [-0.15, -0.1) is 0 Å². The number of nitrogens with one attached hydrogen (secondary N) is 1. The average molecular weight is 454 g/mol. The Hall–Kier alpha value is -4.59. The van der Waals surface area contributed by atoms with Crippen molar-refractivity contribution in [1.29, 1.82) is 0 Å². The number of fused-ring (bicyclic) bond motifs is 1. The molecule has 3 heterocycles.